The summed E-state index contributed by atoms with van der Waals surface area (Å²) < 4.78 is 19.2. The van der Waals surface area contributed by atoms with Gasteiger partial charge in [-0.3, -0.25) is 4.99 Å². The number of nitrogens with one attached hydrogen (secondary N) is 3. The molecular weight excluding hydrogens is 496 g/mol. The van der Waals surface area contributed by atoms with Crippen LogP contribution in [0.2, 0.25) is 0 Å². The van der Waals surface area contributed by atoms with Crippen LogP contribution < -0.4 is 15.4 Å². The molecule has 1 aromatic carbocycles. The normalized spacial score (nSPS) is 13.7. The number of ether oxygens (including phenoxy) is 1. The fourth-order valence-electron chi connectivity index (χ4n) is 3.21. The molecule has 0 unspecified atom stereocenters. The maximum atomic E-state index is 13.5. The number of aromatic amines is 1. The van der Waals surface area contributed by atoms with Crippen LogP contribution in [0.15, 0.2) is 47.7 Å². The van der Waals surface area contributed by atoms with Crippen molar-refractivity contribution in [2.75, 3.05) is 20.2 Å². The van der Waals surface area contributed by atoms with Gasteiger partial charge in [0.2, 0.25) is 5.88 Å². The number of benzene rings is 1. The van der Waals surface area contributed by atoms with Crippen LogP contribution in [0, 0.1) is 11.7 Å². The largest absolute Gasteiger partial charge is 0.477 e. The van der Waals surface area contributed by atoms with Crippen LogP contribution >= 0.6 is 24.0 Å². The fourth-order valence-corrected chi connectivity index (χ4v) is 3.21. The fraction of sp³-hybridized carbons (Fsp3) is 0.364. The third-order valence-electron chi connectivity index (χ3n) is 5.06. The molecule has 6 nitrogen and oxygen atoms in total. The quantitative estimate of drug-likeness (QED) is 0.237. The molecule has 8 heteroatoms. The zero-order valence-corrected chi connectivity index (χ0v) is 19.3. The number of nitrogens with zero attached hydrogens (tertiary/aromatic N) is 2. The van der Waals surface area contributed by atoms with E-state index in [1.807, 2.05) is 18.3 Å². The number of pyridine rings is 1. The van der Waals surface area contributed by atoms with Gasteiger partial charge >= 0.3 is 0 Å². The van der Waals surface area contributed by atoms with E-state index >= 15 is 0 Å². The summed E-state index contributed by atoms with van der Waals surface area (Å²) in [5.74, 6) is 1.87. The molecule has 0 atom stereocenters. The van der Waals surface area contributed by atoms with Crippen LogP contribution in [0.1, 0.15) is 24.0 Å². The van der Waals surface area contributed by atoms with Crippen LogP contribution in [-0.2, 0) is 13.0 Å². The Balaban J connectivity index is 0.00000256. The average Bonchev–Trinajstić information content (AvgIpc) is 3.49. The number of hydrogen-bond donors (Lipinski definition) is 3. The minimum Gasteiger partial charge on any atom is -0.477 e. The second-order valence-corrected chi connectivity index (χ2v) is 7.36. The molecule has 2 aromatic heterocycles. The van der Waals surface area contributed by atoms with Crippen LogP contribution in [0.5, 0.6) is 5.88 Å². The van der Waals surface area contributed by atoms with Gasteiger partial charge in [0.15, 0.2) is 5.96 Å². The van der Waals surface area contributed by atoms with Crippen LogP contribution in [0.4, 0.5) is 4.39 Å². The Kier molecular flexibility index (Phi) is 7.89. The van der Waals surface area contributed by atoms with Crippen molar-refractivity contribution in [2.45, 2.75) is 25.8 Å². The van der Waals surface area contributed by atoms with Gasteiger partial charge in [-0.05, 0) is 60.6 Å². The smallest absolute Gasteiger partial charge is 0.213 e. The zero-order valence-electron chi connectivity index (χ0n) is 17.0. The minimum absolute atomic E-state index is 0. The molecule has 0 radical (unpaired) electrons. The molecule has 1 saturated carbocycles. The molecule has 1 aliphatic rings. The van der Waals surface area contributed by atoms with E-state index in [2.05, 4.69) is 25.6 Å². The first kappa shape index (κ1) is 22.3. The molecule has 0 bridgehead atoms. The number of hydrogen-bond acceptors (Lipinski definition) is 3. The predicted octanol–water partition coefficient (Wildman–Crippen LogP) is 4.02. The van der Waals surface area contributed by atoms with Gasteiger partial charge in [0.25, 0.3) is 0 Å². The lowest BCUT2D eigenvalue weighted by Gasteiger charge is -2.12. The van der Waals surface area contributed by atoms with Crippen molar-refractivity contribution in [1.82, 2.24) is 20.6 Å². The highest BCUT2D eigenvalue weighted by atomic mass is 127. The third kappa shape index (κ3) is 6.07. The molecule has 3 N–H and O–H groups in total. The number of H-pyrrole nitrogens is 1. The first-order chi connectivity index (χ1) is 14.2. The Bertz CT molecular complexity index is 1000. The van der Waals surface area contributed by atoms with Crippen molar-refractivity contribution < 1.29 is 9.13 Å². The molecule has 0 spiro atoms. The van der Waals surface area contributed by atoms with Gasteiger partial charge in [0, 0.05) is 49.5 Å². The number of aromatic nitrogens is 2. The molecule has 1 fully saturated rings. The van der Waals surface area contributed by atoms with E-state index in [-0.39, 0.29) is 29.8 Å². The number of rotatable bonds is 8. The molecule has 3 aromatic rings. The Hall–Kier alpha value is -2.36. The van der Waals surface area contributed by atoms with Crippen LogP contribution in [0.3, 0.4) is 0 Å². The lowest BCUT2D eigenvalue weighted by atomic mass is 10.1. The van der Waals surface area contributed by atoms with E-state index < -0.39 is 0 Å². The second kappa shape index (κ2) is 10.6. The summed E-state index contributed by atoms with van der Waals surface area (Å²) in [6, 6.07) is 8.72. The highest BCUT2D eigenvalue weighted by molar-refractivity contribution is 14.0. The van der Waals surface area contributed by atoms with Gasteiger partial charge in [0.05, 0.1) is 6.61 Å². The Morgan fingerprint density at radius 1 is 1.27 bits per heavy atom. The maximum absolute atomic E-state index is 13.5. The van der Waals surface area contributed by atoms with Gasteiger partial charge in [0.1, 0.15) is 5.82 Å². The van der Waals surface area contributed by atoms with Gasteiger partial charge in [-0.25, -0.2) is 9.37 Å². The molecule has 30 heavy (non-hydrogen) atoms. The van der Waals surface area contributed by atoms with E-state index in [0.29, 0.717) is 30.8 Å². The van der Waals surface area contributed by atoms with Crippen molar-refractivity contribution in [3.05, 3.63) is 59.7 Å². The minimum atomic E-state index is -0.221. The molecular formula is C22H27FIN5O. The summed E-state index contributed by atoms with van der Waals surface area (Å²) in [5, 5.41) is 7.53. The van der Waals surface area contributed by atoms with E-state index in [4.69, 9.17) is 4.74 Å². The predicted molar refractivity (Wildman–Crippen MR) is 128 cm³/mol. The monoisotopic (exact) mass is 523 g/mol. The summed E-state index contributed by atoms with van der Waals surface area (Å²) >= 11 is 0. The second-order valence-electron chi connectivity index (χ2n) is 7.36. The van der Waals surface area contributed by atoms with Gasteiger partial charge < -0.3 is 20.4 Å². The highest BCUT2D eigenvalue weighted by Crippen LogP contribution is 2.29. The molecule has 160 valence electrons. The Morgan fingerprint density at radius 2 is 2.13 bits per heavy atom. The van der Waals surface area contributed by atoms with Crippen LogP contribution in [0.25, 0.3) is 10.9 Å². The standard InChI is InChI=1S/C22H26FN5O.HI/c1-24-22(26-9-7-17-13-27-20-5-4-18(23)11-19(17)20)28-12-16-6-8-25-21(10-16)29-14-15-2-3-15;/h4-6,8,10-11,13,15,27H,2-3,7,9,12,14H2,1H3,(H2,24,26,28);1H. The number of aliphatic imine (C=N–C) groups is 1. The summed E-state index contributed by atoms with van der Waals surface area (Å²) in [6.45, 7) is 2.07. The van der Waals surface area contributed by atoms with Gasteiger partial charge in [-0.15, -0.1) is 24.0 Å². The van der Waals surface area contributed by atoms with Crippen molar-refractivity contribution in [3.63, 3.8) is 0 Å². The molecule has 0 amide bonds. The summed E-state index contributed by atoms with van der Waals surface area (Å²) in [7, 11) is 1.74. The van der Waals surface area contributed by atoms with Crippen LogP contribution in [-0.4, -0.2) is 36.1 Å². The Morgan fingerprint density at radius 3 is 2.93 bits per heavy atom. The van der Waals surface area contributed by atoms with E-state index in [0.717, 1.165) is 35.1 Å². The van der Waals surface area contributed by atoms with E-state index in [1.54, 1.807) is 25.4 Å². The van der Waals surface area contributed by atoms with Crippen molar-refractivity contribution in [1.29, 1.82) is 0 Å². The van der Waals surface area contributed by atoms with Crippen molar-refractivity contribution >= 4 is 40.8 Å². The van der Waals surface area contributed by atoms with Gasteiger partial charge in [-0.2, -0.15) is 0 Å². The molecule has 0 saturated heterocycles. The maximum Gasteiger partial charge on any atom is 0.213 e. The number of fused-ring (bicyclic) bond motifs is 1. The summed E-state index contributed by atoms with van der Waals surface area (Å²) in [5.41, 5.74) is 3.11. The molecule has 2 heterocycles. The number of guanidine groups is 1. The average molecular weight is 523 g/mol. The lowest BCUT2D eigenvalue weighted by molar-refractivity contribution is 0.288. The summed E-state index contributed by atoms with van der Waals surface area (Å²) in [6.07, 6.45) is 6.99. The zero-order chi connectivity index (χ0) is 20.1. The topological polar surface area (TPSA) is 74.3 Å². The molecule has 4 rings (SSSR count). The molecule has 0 aliphatic heterocycles. The number of halogens is 2. The lowest BCUT2D eigenvalue weighted by Crippen LogP contribution is -2.37. The third-order valence-corrected chi connectivity index (χ3v) is 5.06. The van der Waals surface area contributed by atoms with E-state index in [1.165, 1.54) is 18.9 Å². The van der Waals surface area contributed by atoms with E-state index in [9.17, 15) is 4.39 Å². The van der Waals surface area contributed by atoms with Gasteiger partial charge in [-0.1, -0.05) is 0 Å². The first-order valence-corrected chi connectivity index (χ1v) is 9.99. The highest BCUT2D eigenvalue weighted by Gasteiger charge is 2.22. The molecule has 1 aliphatic carbocycles. The SMILES string of the molecule is CN=C(NCCc1c[nH]c2ccc(F)cc12)NCc1ccnc(OCC2CC2)c1.I. The van der Waals surface area contributed by atoms with Crippen molar-refractivity contribution in [3.8, 4) is 5.88 Å². The summed E-state index contributed by atoms with van der Waals surface area (Å²) in [4.78, 5) is 11.7. The van der Waals surface area contributed by atoms with Crippen molar-refractivity contribution in [2.24, 2.45) is 10.9 Å². The first-order valence-electron chi connectivity index (χ1n) is 9.99. The Labute approximate surface area is 192 Å².